The zero-order valence-corrected chi connectivity index (χ0v) is 12.6. The minimum Gasteiger partial charge on any atom is -0.377 e. The average Bonchev–Trinajstić information content (AvgIpc) is 2.27. The molecule has 1 aromatic carbocycles. The molecule has 0 unspecified atom stereocenters. The maximum Gasteiger partial charge on any atom is 0.254 e. The van der Waals surface area contributed by atoms with Gasteiger partial charge < -0.3 is 9.64 Å². The Morgan fingerprint density at radius 1 is 1.35 bits per heavy atom. The van der Waals surface area contributed by atoms with Crippen LogP contribution in [0.1, 0.15) is 17.3 Å². The van der Waals surface area contributed by atoms with Crippen molar-refractivity contribution in [2.45, 2.75) is 13.0 Å². The van der Waals surface area contributed by atoms with E-state index in [1.54, 1.807) is 0 Å². The van der Waals surface area contributed by atoms with E-state index in [1.807, 2.05) is 30.0 Å². The first-order valence-corrected chi connectivity index (χ1v) is 7.01. The summed E-state index contributed by atoms with van der Waals surface area (Å²) in [5, 5.41) is 0. The van der Waals surface area contributed by atoms with Crippen LogP contribution in [-0.4, -0.2) is 36.6 Å². The predicted octanol–water partition coefficient (Wildman–Crippen LogP) is 3.07. The summed E-state index contributed by atoms with van der Waals surface area (Å²) in [6.07, 6.45) is 0. The molecule has 1 aromatic rings. The van der Waals surface area contributed by atoms with Crippen LogP contribution in [0.15, 0.2) is 27.1 Å². The number of carbonyl (C=O) groups is 1. The minimum atomic E-state index is 0.0581. The molecule has 1 saturated heterocycles. The van der Waals surface area contributed by atoms with Crippen LogP contribution in [-0.2, 0) is 4.74 Å². The minimum absolute atomic E-state index is 0.0581. The molecule has 0 N–H and O–H groups in total. The highest BCUT2D eigenvalue weighted by Gasteiger charge is 2.24. The lowest BCUT2D eigenvalue weighted by Crippen LogP contribution is -2.47. The van der Waals surface area contributed by atoms with Gasteiger partial charge in [0.25, 0.3) is 5.91 Å². The number of hydrogen-bond acceptors (Lipinski definition) is 2. The summed E-state index contributed by atoms with van der Waals surface area (Å²) in [6, 6.07) is 5.73. The molecule has 0 saturated carbocycles. The maximum atomic E-state index is 12.3. The number of amides is 1. The molecule has 3 nitrogen and oxygen atoms in total. The van der Waals surface area contributed by atoms with E-state index in [2.05, 4.69) is 31.9 Å². The van der Waals surface area contributed by atoms with Crippen molar-refractivity contribution in [3.63, 3.8) is 0 Å². The fraction of sp³-hybridized carbons (Fsp3) is 0.417. The van der Waals surface area contributed by atoms with Gasteiger partial charge in [-0.2, -0.15) is 0 Å². The molecule has 1 aliphatic heterocycles. The SMILES string of the molecule is C[C@@H]1COCCN1C(=O)c1cc(Br)cc(Br)c1. The van der Waals surface area contributed by atoms with Gasteiger partial charge in [0.05, 0.1) is 19.3 Å². The third kappa shape index (κ3) is 3.09. The van der Waals surface area contributed by atoms with Crippen molar-refractivity contribution >= 4 is 37.8 Å². The summed E-state index contributed by atoms with van der Waals surface area (Å²) < 4.78 is 7.13. The highest BCUT2D eigenvalue weighted by Crippen LogP contribution is 2.22. The van der Waals surface area contributed by atoms with Crippen LogP contribution in [0, 0.1) is 0 Å². The fourth-order valence-electron chi connectivity index (χ4n) is 1.87. The van der Waals surface area contributed by atoms with E-state index in [4.69, 9.17) is 4.74 Å². The molecule has 1 atom stereocenters. The van der Waals surface area contributed by atoms with Crippen molar-refractivity contribution in [1.29, 1.82) is 0 Å². The van der Waals surface area contributed by atoms with E-state index in [0.717, 1.165) is 8.95 Å². The first-order chi connectivity index (χ1) is 8.08. The summed E-state index contributed by atoms with van der Waals surface area (Å²) in [6.45, 7) is 3.89. The Morgan fingerprint density at radius 2 is 2.00 bits per heavy atom. The molecule has 0 bridgehead atoms. The summed E-state index contributed by atoms with van der Waals surface area (Å²) >= 11 is 6.79. The molecule has 1 heterocycles. The second-order valence-corrected chi connectivity index (χ2v) is 5.91. The van der Waals surface area contributed by atoms with Gasteiger partial charge in [-0.15, -0.1) is 0 Å². The highest BCUT2D eigenvalue weighted by atomic mass is 79.9. The second kappa shape index (κ2) is 5.50. The van der Waals surface area contributed by atoms with Crippen molar-refractivity contribution in [2.75, 3.05) is 19.8 Å². The lowest BCUT2D eigenvalue weighted by molar-refractivity contribution is 0.00359. The number of carbonyl (C=O) groups excluding carboxylic acids is 1. The third-order valence-corrected chi connectivity index (χ3v) is 3.65. The van der Waals surface area contributed by atoms with E-state index >= 15 is 0 Å². The molecule has 92 valence electrons. The summed E-state index contributed by atoms with van der Waals surface area (Å²) in [5.41, 5.74) is 0.694. The van der Waals surface area contributed by atoms with E-state index in [9.17, 15) is 4.79 Å². The van der Waals surface area contributed by atoms with Gasteiger partial charge in [0.15, 0.2) is 0 Å². The molecule has 0 aromatic heterocycles. The third-order valence-electron chi connectivity index (χ3n) is 2.74. The Kier molecular flexibility index (Phi) is 4.22. The van der Waals surface area contributed by atoms with E-state index in [1.165, 1.54) is 0 Å². The number of ether oxygens (including phenoxy) is 1. The summed E-state index contributed by atoms with van der Waals surface area (Å²) in [5.74, 6) is 0.0581. The van der Waals surface area contributed by atoms with Crippen molar-refractivity contribution in [3.8, 4) is 0 Å². The van der Waals surface area contributed by atoms with Gasteiger partial charge in [-0.3, -0.25) is 4.79 Å². The Bertz CT molecular complexity index is 416. The van der Waals surface area contributed by atoms with Crippen LogP contribution in [0.5, 0.6) is 0 Å². The molecular formula is C12H13Br2NO2. The van der Waals surface area contributed by atoms with Crippen LogP contribution in [0.3, 0.4) is 0 Å². The van der Waals surface area contributed by atoms with Gasteiger partial charge in [-0.1, -0.05) is 31.9 Å². The average molecular weight is 363 g/mol. The molecule has 2 rings (SSSR count). The largest absolute Gasteiger partial charge is 0.377 e. The standard InChI is InChI=1S/C12H13Br2NO2/c1-8-7-17-3-2-15(8)12(16)9-4-10(13)6-11(14)5-9/h4-6,8H,2-3,7H2,1H3/t8-/m1/s1. The number of morpholine rings is 1. The van der Waals surface area contributed by atoms with Crippen molar-refractivity contribution in [2.24, 2.45) is 0 Å². The number of benzene rings is 1. The van der Waals surface area contributed by atoms with E-state index in [-0.39, 0.29) is 11.9 Å². The van der Waals surface area contributed by atoms with E-state index in [0.29, 0.717) is 25.3 Å². The van der Waals surface area contributed by atoms with Gasteiger partial charge in [-0.25, -0.2) is 0 Å². The Labute approximate surface area is 117 Å². The fourth-order valence-corrected chi connectivity index (χ4v) is 3.17. The Hall–Kier alpha value is -0.390. The van der Waals surface area contributed by atoms with Gasteiger partial charge in [0.1, 0.15) is 0 Å². The molecule has 0 aliphatic carbocycles. The zero-order valence-electron chi connectivity index (χ0n) is 9.45. The number of halogens is 2. The molecule has 17 heavy (non-hydrogen) atoms. The number of hydrogen-bond donors (Lipinski definition) is 0. The topological polar surface area (TPSA) is 29.5 Å². The van der Waals surface area contributed by atoms with Gasteiger partial charge >= 0.3 is 0 Å². The smallest absolute Gasteiger partial charge is 0.254 e. The van der Waals surface area contributed by atoms with Crippen LogP contribution < -0.4 is 0 Å². The molecule has 1 amide bonds. The molecule has 0 radical (unpaired) electrons. The first-order valence-electron chi connectivity index (χ1n) is 5.43. The predicted molar refractivity (Wildman–Crippen MR) is 73.2 cm³/mol. The van der Waals surface area contributed by atoms with Crippen LogP contribution in [0.25, 0.3) is 0 Å². The van der Waals surface area contributed by atoms with Gasteiger partial charge in [-0.05, 0) is 25.1 Å². The molecule has 1 fully saturated rings. The van der Waals surface area contributed by atoms with E-state index < -0.39 is 0 Å². The summed E-state index contributed by atoms with van der Waals surface area (Å²) in [4.78, 5) is 14.2. The van der Waals surface area contributed by atoms with Crippen LogP contribution >= 0.6 is 31.9 Å². The molecule has 0 spiro atoms. The summed E-state index contributed by atoms with van der Waals surface area (Å²) in [7, 11) is 0. The van der Waals surface area contributed by atoms with Crippen molar-refractivity contribution < 1.29 is 9.53 Å². The number of rotatable bonds is 1. The maximum absolute atomic E-state index is 12.3. The normalized spacial score (nSPS) is 20.4. The molecule has 5 heteroatoms. The van der Waals surface area contributed by atoms with Crippen LogP contribution in [0.4, 0.5) is 0 Å². The highest BCUT2D eigenvalue weighted by molar-refractivity contribution is 9.11. The lowest BCUT2D eigenvalue weighted by Gasteiger charge is -2.33. The second-order valence-electron chi connectivity index (χ2n) is 4.08. The number of nitrogens with zero attached hydrogens (tertiary/aromatic N) is 1. The quantitative estimate of drug-likeness (QED) is 0.768. The first kappa shape index (κ1) is 13.1. The Balaban J connectivity index is 2.23. The molecule has 1 aliphatic rings. The van der Waals surface area contributed by atoms with Crippen molar-refractivity contribution in [1.82, 2.24) is 4.90 Å². The lowest BCUT2D eigenvalue weighted by atomic mass is 10.1. The van der Waals surface area contributed by atoms with Gasteiger partial charge in [0, 0.05) is 21.1 Å². The molecular weight excluding hydrogens is 350 g/mol. The zero-order chi connectivity index (χ0) is 12.4. The van der Waals surface area contributed by atoms with Crippen molar-refractivity contribution in [3.05, 3.63) is 32.7 Å². The van der Waals surface area contributed by atoms with Crippen LogP contribution in [0.2, 0.25) is 0 Å². The monoisotopic (exact) mass is 361 g/mol. The van der Waals surface area contributed by atoms with Gasteiger partial charge in [0.2, 0.25) is 0 Å². The Morgan fingerprint density at radius 3 is 2.59 bits per heavy atom.